The SMILES string of the molecule is C=CCNC(=O)C1CC1C(=O)NCCc1ccc(Cl)cc1. The molecule has 1 aliphatic carbocycles. The highest BCUT2D eigenvalue weighted by atomic mass is 35.5. The van der Waals surface area contributed by atoms with Crippen molar-refractivity contribution >= 4 is 23.4 Å². The highest BCUT2D eigenvalue weighted by Gasteiger charge is 2.47. The summed E-state index contributed by atoms with van der Waals surface area (Å²) in [5, 5.41) is 6.30. The predicted molar refractivity (Wildman–Crippen MR) is 83.0 cm³/mol. The molecule has 1 aromatic rings. The first-order valence-electron chi connectivity index (χ1n) is 7.02. The van der Waals surface area contributed by atoms with Gasteiger partial charge in [0, 0.05) is 18.1 Å². The molecule has 0 radical (unpaired) electrons. The van der Waals surface area contributed by atoms with Crippen LogP contribution in [0.1, 0.15) is 12.0 Å². The van der Waals surface area contributed by atoms with Crippen molar-refractivity contribution in [2.24, 2.45) is 11.8 Å². The minimum absolute atomic E-state index is 0.0392. The van der Waals surface area contributed by atoms with Crippen molar-refractivity contribution in [1.29, 1.82) is 0 Å². The molecule has 4 nitrogen and oxygen atoms in total. The summed E-state index contributed by atoms with van der Waals surface area (Å²) < 4.78 is 0. The van der Waals surface area contributed by atoms with E-state index in [-0.39, 0.29) is 23.7 Å². The van der Waals surface area contributed by atoms with Crippen LogP contribution in [0.4, 0.5) is 0 Å². The van der Waals surface area contributed by atoms with Crippen LogP contribution >= 0.6 is 11.6 Å². The van der Waals surface area contributed by atoms with Crippen LogP contribution in [0.2, 0.25) is 5.02 Å². The van der Waals surface area contributed by atoms with Crippen LogP contribution in [0.3, 0.4) is 0 Å². The van der Waals surface area contributed by atoms with Crippen LogP contribution in [0.5, 0.6) is 0 Å². The van der Waals surface area contributed by atoms with E-state index < -0.39 is 0 Å². The van der Waals surface area contributed by atoms with Gasteiger partial charge in [-0.2, -0.15) is 0 Å². The van der Waals surface area contributed by atoms with Crippen molar-refractivity contribution in [3.8, 4) is 0 Å². The quantitative estimate of drug-likeness (QED) is 0.756. The Labute approximate surface area is 129 Å². The molecular formula is C16H19ClN2O2. The number of benzene rings is 1. The van der Waals surface area contributed by atoms with E-state index in [1.165, 1.54) is 0 Å². The van der Waals surface area contributed by atoms with Crippen molar-refractivity contribution in [2.75, 3.05) is 13.1 Å². The summed E-state index contributed by atoms with van der Waals surface area (Å²) in [4.78, 5) is 23.6. The Morgan fingerprint density at radius 1 is 1.19 bits per heavy atom. The molecule has 1 fully saturated rings. The van der Waals surface area contributed by atoms with Gasteiger partial charge in [-0.15, -0.1) is 6.58 Å². The van der Waals surface area contributed by atoms with E-state index in [9.17, 15) is 9.59 Å². The van der Waals surface area contributed by atoms with E-state index in [2.05, 4.69) is 17.2 Å². The lowest BCUT2D eigenvalue weighted by atomic mass is 10.1. The molecule has 0 aliphatic heterocycles. The molecule has 2 N–H and O–H groups in total. The topological polar surface area (TPSA) is 58.2 Å². The lowest BCUT2D eigenvalue weighted by Gasteiger charge is -2.05. The number of carbonyl (C=O) groups excluding carboxylic acids is 2. The number of hydrogen-bond donors (Lipinski definition) is 2. The first kappa shape index (κ1) is 15.6. The number of amides is 2. The zero-order valence-electron chi connectivity index (χ0n) is 11.8. The fourth-order valence-electron chi connectivity index (χ4n) is 2.19. The highest BCUT2D eigenvalue weighted by Crippen LogP contribution is 2.38. The number of halogens is 1. The van der Waals surface area contributed by atoms with Crippen molar-refractivity contribution < 1.29 is 9.59 Å². The van der Waals surface area contributed by atoms with E-state index in [1.807, 2.05) is 24.3 Å². The Morgan fingerprint density at radius 3 is 2.43 bits per heavy atom. The molecule has 5 heteroatoms. The molecule has 0 heterocycles. The van der Waals surface area contributed by atoms with E-state index in [1.54, 1.807) is 6.08 Å². The maximum Gasteiger partial charge on any atom is 0.224 e. The normalized spacial score (nSPS) is 19.7. The summed E-state index contributed by atoms with van der Waals surface area (Å²) in [6, 6.07) is 7.55. The van der Waals surface area contributed by atoms with Crippen LogP contribution in [-0.4, -0.2) is 24.9 Å². The summed E-state index contributed by atoms with van der Waals surface area (Å²) in [5.74, 6) is -0.462. The lowest BCUT2D eigenvalue weighted by Crippen LogP contribution is -2.31. The Balaban J connectivity index is 1.68. The Hall–Kier alpha value is -1.81. The maximum absolute atomic E-state index is 11.9. The minimum Gasteiger partial charge on any atom is -0.356 e. The van der Waals surface area contributed by atoms with Crippen LogP contribution in [0.15, 0.2) is 36.9 Å². The van der Waals surface area contributed by atoms with Crippen molar-refractivity contribution in [2.45, 2.75) is 12.8 Å². The first-order chi connectivity index (χ1) is 10.1. The van der Waals surface area contributed by atoms with Gasteiger partial charge in [0.05, 0.1) is 11.8 Å². The Bertz CT molecular complexity index is 528. The molecule has 0 saturated heterocycles. The van der Waals surface area contributed by atoms with Gasteiger partial charge in [-0.05, 0) is 30.5 Å². The molecular weight excluding hydrogens is 288 g/mol. The smallest absolute Gasteiger partial charge is 0.224 e. The zero-order chi connectivity index (χ0) is 15.2. The van der Waals surface area contributed by atoms with Crippen molar-refractivity contribution in [3.63, 3.8) is 0 Å². The summed E-state index contributed by atoms with van der Waals surface area (Å²) in [6.07, 6.45) is 3.01. The van der Waals surface area contributed by atoms with Gasteiger partial charge in [-0.1, -0.05) is 29.8 Å². The third kappa shape index (κ3) is 4.60. The zero-order valence-corrected chi connectivity index (χ0v) is 12.5. The molecule has 1 saturated carbocycles. The van der Waals surface area contributed by atoms with Gasteiger partial charge in [0.15, 0.2) is 0 Å². The molecule has 2 unspecified atom stereocenters. The van der Waals surface area contributed by atoms with Gasteiger partial charge >= 0.3 is 0 Å². The molecule has 1 aromatic carbocycles. The molecule has 0 spiro atoms. The Morgan fingerprint density at radius 2 is 1.81 bits per heavy atom. The summed E-state index contributed by atoms with van der Waals surface area (Å²) in [5.41, 5.74) is 1.12. The second kappa shape index (κ2) is 7.27. The molecule has 2 amide bonds. The summed E-state index contributed by atoms with van der Waals surface area (Å²) >= 11 is 5.81. The highest BCUT2D eigenvalue weighted by molar-refractivity contribution is 6.30. The van der Waals surface area contributed by atoms with E-state index in [4.69, 9.17) is 11.6 Å². The van der Waals surface area contributed by atoms with Crippen LogP contribution < -0.4 is 10.6 Å². The standard InChI is InChI=1S/C16H19ClN2O2/c1-2-8-18-15(20)13-10-14(13)16(21)19-9-7-11-3-5-12(17)6-4-11/h2-6,13-14H,1,7-10H2,(H,18,20)(H,19,21). The molecule has 21 heavy (non-hydrogen) atoms. The Kier molecular flexibility index (Phi) is 5.39. The van der Waals surface area contributed by atoms with Crippen LogP contribution in [0, 0.1) is 11.8 Å². The van der Waals surface area contributed by atoms with Crippen LogP contribution in [-0.2, 0) is 16.0 Å². The fraction of sp³-hybridized carbons (Fsp3) is 0.375. The van der Waals surface area contributed by atoms with Gasteiger partial charge in [0.25, 0.3) is 0 Å². The third-order valence-corrected chi connectivity index (χ3v) is 3.76. The number of rotatable bonds is 7. The van der Waals surface area contributed by atoms with E-state index >= 15 is 0 Å². The van der Waals surface area contributed by atoms with Crippen molar-refractivity contribution in [1.82, 2.24) is 10.6 Å². The molecule has 0 aromatic heterocycles. The fourth-order valence-corrected chi connectivity index (χ4v) is 2.32. The largest absolute Gasteiger partial charge is 0.356 e. The van der Waals surface area contributed by atoms with Gasteiger partial charge in [0.2, 0.25) is 11.8 Å². The number of carbonyl (C=O) groups is 2. The second-order valence-corrected chi connectivity index (χ2v) is 5.59. The average molecular weight is 307 g/mol. The van der Waals surface area contributed by atoms with E-state index in [0.29, 0.717) is 24.5 Å². The van der Waals surface area contributed by atoms with Gasteiger partial charge in [0.1, 0.15) is 0 Å². The third-order valence-electron chi connectivity index (χ3n) is 3.51. The van der Waals surface area contributed by atoms with Crippen LogP contribution in [0.25, 0.3) is 0 Å². The maximum atomic E-state index is 11.9. The number of nitrogens with one attached hydrogen (secondary N) is 2. The van der Waals surface area contributed by atoms with E-state index in [0.717, 1.165) is 12.0 Å². The first-order valence-corrected chi connectivity index (χ1v) is 7.40. The van der Waals surface area contributed by atoms with Gasteiger partial charge in [-0.25, -0.2) is 0 Å². The van der Waals surface area contributed by atoms with Gasteiger partial charge in [-0.3, -0.25) is 9.59 Å². The average Bonchev–Trinajstić information content (AvgIpc) is 3.27. The van der Waals surface area contributed by atoms with Crippen molar-refractivity contribution in [3.05, 3.63) is 47.5 Å². The number of hydrogen-bond acceptors (Lipinski definition) is 2. The monoisotopic (exact) mass is 306 g/mol. The van der Waals surface area contributed by atoms with Gasteiger partial charge < -0.3 is 10.6 Å². The molecule has 2 rings (SSSR count). The summed E-state index contributed by atoms with van der Waals surface area (Å²) in [6.45, 7) is 4.55. The molecule has 1 aliphatic rings. The lowest BCUT2D eigenvalue weighted by molar-refractivity contribution is -0.127. The minimum atomic E-state index is -0.181. The predicted octanol–water partition coefficient (Wildman–Crippen LogP) is 1.94. The molecule has 0 bridgehead atoms. The molecule has 112 valence electrons. The molecule has 2 atom stereocenters. The second-order valence-electron chi connectivity index (χ2n) is 5.15. The summed E-state index contributed by atoms with van der Waals surface area (Å²) in [7, 11) is 0.